The fraction of sp³-hybridized carbons (Fsp3) is 0.167. The van der Waals surface area contributed by atoms with E-state index >= 15 is 0 Å². The van der Waals surface area contributed by atoms with E-state index in [2.05, 4.69) is 0 Å². The second kappa shape index (κ2) is 4.63. The van der Waals surface area contributed by atoms with Crippen LogP contribution in [-0.4, -0.2) is 16.4 Å². The van der Waals surface area contributed by atoms with Crippen LogP contribution in [0.5, 0.6) is 5.75 Å². The van der Waals surface area contributed by atoms with E-state index in [-0.39, 0.29) is 16.7 Å². The van der Waals surface area contributed by atoms with Crippen molar-refractivity contribution in [3.63, 3.8) is 0 Å². The van der Waals surface area contributed by atoms with Gasteiger partial charge in [0.25, 0.3) is 0 Å². The van der Waals surface area contributed by atoms with E-state index < -0.39 is 5.97 Å². The third-order valence-corrected chi connectivity index (χ3v) is 3.22. The monoisotopic (exact) mass is 285 g/mol. The molecule has 0 saturated heterocycles. The summed E-state index contributed by atoms with van der Waals surface area (Å²) < 4.78 is 6.40. The van der Waals surface area contributed by atoms with Crippen molar-refractivity contribution in [2.75, 3.05) is 0 Å². The molecule has 0 saturated carbocycles. The van der Waals surface area contributed by atoms with Gasteiger partial charge < -0.3 is 4.74 Å². The average molecular weight is 286 g/mol. The van der Waals surface area contributed by atoms with Crippen molar-refractivity contribution in [1.82, 2.24) is 4.57 Å². The summed E-state index contributed by atoms with van der Waals surface area (Å²) in [5, 5.41) is 1.04. The number of carbonyl (C=O) groups is 2. The summed E-state index contributed by atoms with van der Waals surface area (Å²) in [7, 11) is 0. The summed E-state index contributed by atoms with van der Waals surface area (Å²) in [6, 6.07) is 3.24. The van der Waals surface area contributed by atoms with Crippen LogP contribution in [0.4, 0.5) is 0 Å². The molecule has 6 heteroatoms. The number of benzene rings is 1. The molecule has 2 rings (SSSR count). The molecule has 4 nitrogen and oxygen atoms in total. The first-order chi connectivity index (χ1) is 8.41. The molecule has 0 aliphatic heterocycles. The molecule has 0 N–H and O–H groups in total. The quantitative estimate of drug-likeness (QED) is 0.753. The Kier molecular flexibility index (Phi) is 3.32. The van der Waals surface area contributed by atoms with Gasteiger partial charge in [0.2, 0.25) is 5.91 Å². The van der Waals surface area contributed by atoms with E-state index in [1.807, 2.05) is 0 Å². The molecule has 0 bridgehead atoms. The molecule has 0 fully saturated rings. The molecule has 0 aliphatic rings. The number of ether oxygens (including phenoxy) is 1. The minimum atomic E-state index is -0.492. The molecule has 1 heterocycles. The van der Waals surface area contributed by atoms with E-state index in [0.717, 1.165) is 0 Å². The molecule has 0 amide bonds. The Hall–Kier alpha value is -1.52. The van der Waals surface area contributed by atoms with Gasteiger partial charge in [0.05, 0.1) is 27.1 Å². The van der Waals surface area contributed by atoms with Gasteiger partial charge in [-0.2, -0.15) is 0 Å². The third-order valence-electron chi connectivity index (χ3n) is 2.42. The van der Waals surface area contributed by atoms with Crippen molar-refractivity contribution >= 4 is 46.0 Å². The van der Waals surface area contributed by atoms with Crippen LogP contribution >= 0.6 is 23.2 Å². The first kappa shape index (κ1) is 12.9. The van der Waals surface area contributed by atoms with E-state index in [4.69, 9.17) is 27.9 Å². The van der Waals surface area contributed by atoms with Crippen LogP contribution in [0.2, 0.25) is 10.0 Å². The highest BCUT2D eigenvalue weighted by Gasteiger charge is 2.18. The number of hydrogen-bond acceptors (Lipinski definition) is 3. The fourth-order valence-corrected chi connectivity index (χ4v) is 2.13. The van der Waals surface area contributed by atoms with Crippen molar-refractivity contribution in [2.45, 2.75) is 13.8 Å². The highest BCUT2D eigenvalue weighted by molar-refractivity contribution is 6.45. The topological polar surface area (TPSA) is 48.3 Å². The zero-order chi connectivity index (χ0) is 13.4. The molecule has 94 valence electrons. The van der Waals surface area contributed by atoms with Crippen molar-refractivity contribution in [3.05, 3.63) is 28.4 Å². The van der Waals surface area contributed by atoms with Gasteiger partial charge in [-0.3, -0.25) is 14.2 Å². The zero-order valence-corrected chi connectivity index (χ0v) is 11.2. The molecule has 0 unspecified atom stereocenters. The summed E-state index contributed by atoms with van der Waals surface area (Å²) in [6.45, 7) is 2.68. The Morgan fingerprint density at radius 2 is 1.89 bits per heavy atom. The normalized spacial score (nSPS) is 10.7. The SMILES string of the molecule is CC(=O)Oc1cn(C(C)=O)c2ccc(Cl)c(Cl)c12. The van der Waals surface area contributed by atoms with Crippen LogP contribution < -0.4 is 4.74 Å². The molecule has 0 atom stereocenters. The lowest BCUT2D eigenvalue weighted by molar-refractivity contribution is -0.131. The van der Waals surface area contributed by atoms with E-state index in [1.54, 1.807) is 12.1 Å². The van der Waals surface area contributed by atoms with Crippen LogP contribution in [0.25, 0.3) is 10.9 Å². The zero-order valence-electron chi connectivity index (χ0n) is 9.66. The number of aromatic nitrogens is 1. The van der Waals surface area contributed by atoms with Crippen LogP contribution in [0, 0.1) is 0 Å². The predicted molar refractivity (Wildman–Crippen MR) is 69.6 cm³/mol. The Labute approximate surface area is 113 Å². The summed E-state index contributed by atoms with van der Waals surface area (Å²) >= 11 is 12.0. The van der Waals surface area contributed by atoms with Crippen molar-refractivity contribution < 1.29 is 14.3 Å². The number of fused-ring (bicyclic) bond motifs is 1. The lowest BCUT2D eigenvalue weighted by Crippen LogP contribution is -2.03. The maximum absolute atomic E-state index is 11.5. The van der Waals surface area contributed by atoms with Crippen LogP contribution in [-0.2, 0) is 4.79 Å². The summed E-state index contributed by atoms with van der Waals surface area (Å²) in [5.41, 5.74) is 0.549. The third kappa shape index (κ3) is 2.09. The van der Waals surface area contributed by atoms with E-state index in [0.29, 0.717) is 15.9 Å². The highest BCUT2D eigenvalue weighted by Crippen LogP contribution is 2.38. The molecular weight excluding hydrogens is 277 g/mol. The van der Waals surface area contributed by atoms with E-state index in [1.165, 1.54) is 24.6 Å². The molecule has 18 heavy (non-hydrogen) atoms. The van der Waals surface area contributed by atoms with Gasteiger partial charge in [-0.15, -0.1) is 0 Å². The molecule has 2 aromatic rings. The summed E-state index contributed by atoms with van der Waals surface area (Å²) in [4.78, 5) is 22.5. The Balaban J connectivity index is 2.81. The molecule has 0 aliphatic carbocycles. The molecular formula is C12H9Cl2NO3. The number of hydrogen-bond donors (Lipinski definition) is 0. The van der Waals surface area contributed by atoms with Gasteiger partial charge in [0.1, 0.15) is 0 Å². The molecule has 0 spiro atoms. The lowest BCUT2D eigenvalue weighted by atomic mass is 10.2. The maximum atomic E-state index is 11.5. The number of esters is 1. The largest absolute Gasteiger partial charge is 0.424 e. The highest BCUT2D eigenvalue weighted by atomic mass is 35.5. The van der Waals surface area contributed by atoms with Gasteiger partial charge >= 0.3 is 5.97 Å². The second-order valence-corrected chi connectivity index (χ2v) is 4.52. The molecule has 0 radical (unpaired) electrons. The standard InChI is InChI=1S/C12H9Cl2NO3/c1-6(16)15-5-10(18-7(2)17)11-9(15)4-3-8(13)12(11)14/h3-5H,1-2H3. The van der Waals surface area contributed by atoms with E-state index in [9.17, 15) is 9.59 Å². The fourth-order valence-electron chi connectivity index (χ4n) is 1.72. The van der Waals surface area contributed by atoms with Crippen molar-refractivity contribution in [2.24, 2.45) is 0 Å². The number of carbonyl (C=O) groups excluding carboxylic acids is 2. The Bertz CT molecular complexity index is 661. The van der Waals surface area contributed by atoms with Crippen LogP contribution in [0.3, 0.4) is 0 Å². The van der Waals surface area contributed by atoms with Crippen molar-refractivity contribution in [3.8, 4) is 5.75 Å². The average Bonchev–Trinajstić information content (AvgIpc) is 2.62. The van der Waals surface area contributed by atoms with Gasteiger partial charge in [-0.25, -0.2) is 0 Å². The smallest absolute Gasteiger partial charge is 0.308 e. The van der Waals surface area contributed by atoms with Gasteiger partial charge in [0.15, 0.2) is 5.75 Å². The minimum Gasteiger partial charge on any atom is -0.424 e. The maximum Gasteiger partial charge on any atom is 0.308 e. The number of nitrogens with zero attached hydrogens (tertiary/aromatic N) is 1. The summed E-state index contributed by atoms with van der Waals surface area (Å²) in [5.74, 6) is -0.481. The Morgan fingerprint density at radius 1 is 1.22 bits per heavy atom. The lowest BCUT2D eigenvalue weighted by Gasteiger charge is -2.02. The summed E-state index contributed by atoms with van der Waals surface area (Å²) in [6.07, 6.45) is 1.43. The predicted octanol–water partition coefficient (Wildman–Crippen LogP) is 3.53. The Morgan fingerprint density at radius 3 is 2.44 bits per heavy atom. The van der Waals surface area contributed by atoms with Gasteiger partial charge in [-0.1, -0.05) is 23.2 Å². The first-order valence-electron chi connectivity index (χ1n) is 5.10. The minimum absolute atomic E-state index is 0.211. The first-order valence-corrected chi connectivity index (χ1v) is 5.86. The molecule has 1 aromatic carbocycles. The van der Waals surface area contributed by atoms with Gasteiger partial charge in [0, 0.05) is 13.8 Å². The van der Waals surface area contributed by atoms with Crippen molar-refractivity contribution in [1.29, 1.82) is 0 Å². The van der Waals surface area contributed by atoms with Gasteiger partial charge in [-0.05, 0) is 12.1 Å². The number of rotatable bonds is 1. The molecule has 1 aromatic heterocycles. The number of halogens is 2. The van der Waals surface area contributed by atoms with Crippen LogP contribution in [0.15, 0.2) is 18.3 Å². The van der Waals surface area contributed by atoms with Crippen LogP contribution in [0.1, 0.15) is 18.6 Å². The second-order valence-electron chi connectivity index (χ2n) is 3.73.